The molecule has 1 atom stereocenters. The number of rotatable bonds is 5. The van der Waals surface area contributed by atoms with Gasteiger partial charge < -0.3 is 5.32 Å². The van der Waals surface area contributed by atoms with Crippen molar-refractivity contribution in [3.63, 3.8) is 0 Å². The molecule has 3 nitrogen and oxygen atoms in total. The monoisotopic (exact) mass is 333 g/mol. The fourth-order valence-corrected chi connectivity index (χ4v) is 2.79. The van der Waals surface area contributed by atoms with E-state index < -0.39 is 0 Å². The van der Waals surface area contributed by atoms with Crippen LogP contribution in [0.3, 0.4) is 0 Å². The Bertz CT molecular complexity index is 584. The van der Waals surface area contributed by atoms with E-state index in [0.717, 1.165) is 28.8 Å². The zero-order valence-corrected chi connectivity index (χ0v) is 13.7. The van der Waals surface area contributed by atoms with Crippen molar-refractivity contribution in [3.05, 3.63) is 57.3 Å². The third-order valence-corrected chi connectivity index (χ3v) is 4.12. The predicted molar refractivity (Wildman–Crippen MR) is 85.8 cm³/mol. The van der Waals surface area contributed by atoms with Crippen LogP contribution in [-0.4, -0.2) is 16.7 Å². The first kappa shape index (κ1) is 15.1. The van der Waals surface area contributed by atoms with E-state index in [4.69, 9.17) is 0 Å². The van der Waals surface area contributed by atoms with E-state index >= 15 is 0 Å². The van der Waals surface area contributed by atoms with Crippen molar-refractivity contribution in [3.8, 4) is 0 Å². The smallest absolute Gasteiger partial charge is 0.0648 e. The largest absolute Gasteiger partial charge is 0.310 e. The summed E-state index contributed by atoms with van der Waals surface area (Å²) >= 11 is 3.63. The van der Waals surface area contributed by atoms with Crippen LogP contribution < -0.4 is 5.32 Å². The number of likely N-dealkylation sites (N-methyl/N-ethyl adjacent to an activating group) is 1. The van der Waals surface area contributed by atoms with Crippen LogP contribution in [0.25, 0.3) is 0 Å². The molecular formula is C16H20BrN3. The van der Waals surface area contributed by atoms with Gasteiger partial charge in [0.2, 0.25) is 0 Å². The maximum absolute atomic E-state index is 4.24. The van der Waals surface area contributed by atoms with Crippen LogP contribution in [0.1, 0.15) is 35.5 Å². The van der Waals surface area contributed by atoms with E-state index in [1.807, 2.05) is 19.9 Å². The Morgan fingerprint density at radius 3 is 2.65 bits per heavy atom. The van der Waals surface area contributed by atoms with Crippen molar-refractivity contribution >= 4 is 15.9 Å². The van der Waals surface area contributed by atoms with Gasteiger partial charge in [-0.15, -0.1) is 0 Å². The van der Waals surface area contributed by atoms with Gasteiger partial charge in [-0.1, -0.05) is 41.1 Å². The summed E-state index contributed by atoms with van der Waals surface area (Å²) in [5.74, 6) is 0. The molecular weight excluding hydrogens is 314 g/mol. The topological polar surface area (TPSA) is 37.8 Å². The Morgan fingerprint density at radius 1 is 1.20 bits per heavy atom. The van der Waals surface area contributed by atoms with Crippen LogP contribution >= 0.6 is 15.9 Å². The minimum Gasteiger partial charge on any atom is -0.310 e. The number of aromatic nitrogens is 2. The molecule has 0 saturated heterocycles. The molecule has 0 aliphatic heterocycles. The highest BCUT2D eigenvalue weighted by Crippen LogP contribution is 2.25. The second kappa shape index (κ2) is 6.95. The number of benzene rings is 1. The van der Waals surface area contributed by atoms with Gasteiger partial charge in [0, 0.05) is 10.5 Å². The summed E-state index contributed by atoms with van der Waals surface area (Å²) in [6.07, 6.45) is 0.932. The Kier molecular flexibility index (Phi) is 5.26. The molecule has 1 unspecified atom stereocenters. The van der Waals surface area contributed by atoms with Gasteiger partial charge in [-0.05, 0) is 50.1 Å². The molecule has 0 fully saturated rings. The van der Waals surface area contributed by atoms with E-state index in [9.17, 15) is 0 Å². The van der Waals surface area contributed by atoms with Crippen LogP contribution in [0.5, 0.6) is 0 Å². The maximum Gasteiger partial charge on any atom is 0.0648 e. The SMILES string of the molecule is CCNC(Cc1ccccc1Br)c1cc(C)nnc1C. The second-order valence-corrected chi connectivity index (χ2v) is 5.79. The van der Waals surface area contributed by atoms with Gasteiger partial charge >= 0.3 is 0 Å². The van der Waals surface area contributed by atoms with Crippen molar-refractivity contribution in [2.45, 2.75) is 33.2 Å². The lowest BCUT2D eigenvalue weighted by Crippen LogP contribution is -2.24. The van der Waals surface area contributed by atoms with Gasteiger partial charge in [-0.2, -0.15) is 10.2 Å². The van der Waals surface area contributed by atoms with E-state index in [-0.39, 0.29) is 6.04 Å². The molecule has 4 heteroatoms. The Morgan fingerprint density at radius 2 is 1.95 bits per heavy atom. The number of nitrogens with one attached hydrogen (secondary N) is 1. The molecule has 0 aliphatic rings. The molecule has 0 spiro atoms. The van der Waals surface area contributed by atoms with E-state index in [0.29, 0.717) is 0 Å². The maximum atomic E-state index is 4.24. The van der Waals surface area contributed by atoms with Crippen molar-refractivity contribution < 1.29 is 0 Å². The zero-order chi connectivity index (χ0) is 14.5. The van der Waals surface area contributed by atoms with Crippen LogP contribution in [0, 0.1) is 13.8 Å². The highest BCUT2D eigenvalue weighted by Gasteiger charge is 2.16. The Labute approximate surface area is 129 Å². The summed E-state index contributed by atoms with van der Waals surface area (Å²) < 4.78 is 1.15. The highest BCUT2D eigenvalue weighted by molar-refractivity contribution is 9.10. The minimum absolute atomic E-state index is 0.257. The summed E-state index contributed by atoms with van der Waals surface area (Å²) in [5, 5.41) is 11.9. The second-order valence-electron chi connectivity index (χ2n) is 4.93. The lowest BCUT2D eigenvalue weighted by Gasteiger charge is -2.20. The number of aryl methyl sites for hydroxylation is 2. The average molecular weight is 334 g/mol. The molecule has 0 aliphatic carbocycles. The zero-order valence-electron chi connectivity index (χ0n) is 12.2. The van der Waals surface area contributed by atoms with Gasteiger partial charge in [-0.3, -0.25) is 0 Å². The molecule has 0 amide bonds. The molecule has 1 heterocycles. The molecule has 2 aromatic rings. The van der Waals surface area contributed by atoms with Gasteiger partial charge in [-0.25, -0.2) is 0 Å². The molecule has 1 aromatic carbocycles. The number of halogens is 1. The van der Waals surface area contributed by atoms with Gasteiger partial charge in [0.15, 0.2) is 0 Å². The number of hydrogen-bond donors (Lipinski definition) is 1. The summed E-state index contributed by atoms with van der Waals surface area (Å²) in [6, 6.07) is 10.7. The van der Waals surface area contributed by atoms with Crippen molar-refractivity contribution in [2.24, 2.45) is 0 Å². The van der Waals surface area contributed by atoms with E-state index in [1.165, 1.54) is 11.1 Å². The van der Waals surface area contributed by atoms with Crippen molar-refractivity contribution in [1.29, 1.82) is 0 Å². The van der Waals surface area contributed by atoms with Gasteiger partial charge in [0.25, 0.3) is 0 Å². The fourth-order valence-electron chi connectivity index (χ4n) is 2.35. The fraction of sp³-hybridized carbons (Fsp3) is 0.375. The quantitative estimate of drug-likeness (QED) is 0.905. The molecule has 0 saturated carbocycles. The molecule has 0 bridgehead atoms. The first-order chi connectivity index (χ1) is 9.61. The van der Waals surface area contributed by atoms with Crippen LogP contribution in [0.15, 0.2) is 34.8 Å². The number of nitrogens with zero attached hydrogens (tertiary/aromatic N) is 2. The van der Waals surface area contributed by atoms with Crippen LogP contribution in [-0.2, 0) is 6.42 Å². The molecule has 20 heavy (non-hydrogen) atoms. The normalized spacial score (nSPS) is 12.4. The summed E-state index contributed by atoms with van der Waals surface area (Å²) in [4.78, 5) is 0. The summed E-state index contributed by atoms with van der Waals surface area (Å²) in [6.45, 7) is 7.06. The molecule has 106 valence electrons. The summed E-state index contributed by atoms with van der Waals surface area (Å²) in [7, 11) is 0. The Balaban J connectivity index is 2.32. The average Bonchev–Trinajstić information content (AvgIpc) is 2.43. The molecule has 0 radical (unpaired) electrons. The lowest BCUT2D eigenvalue weighted by molar-refractivity contribution is 0.541. The molecule has 1 aromatic heterocycles. The summed E-state index contributed by atoms with van der Waals surface area (Å²) in [5.41, 5.74) is 4.48. The Hall–Kier alpha value is -1.26. The first-order valence-corrected chi connectivity index (χ1v) is 7.68. The third-order valence-electron chi connectivity index (χ3n) is 3.35. The van der Waals surface area contributed by atoms with E-state index in [2.05, 4.69) is 62.6 Å². The first-order valence-electron chi connectivity index (χ1n) is 6.89. The molecule has 1 N–H and O–H groups in total. The van der Waals surface area contributed by atoms with E-state index in [1.54, 1.807) is 0 Å². The third kappa shape index (κ3) is 3.64. The number of hydrogen-bond acceptors (Lipinski definition) is 3. The van der Waals surface area contributed by atoms with Gasteiger partial charge in [0.1, 0.15) is 0 Å². The minimum atomic E-state index is 0.257. The van der Waals surface area contributed by atoms with Crippen molar-refractivity contribution in [2.75, 3.05) is 6.54 Å². The standard InChI is InChI=1S/C16H20BrN3/c1-4-18-16(10-13-7-5-6-8-15(13)17)14-9-11(2)19-20-12(14)3/h5-9,16,18H,4,10H2,1-3H3. The van der Waals surface area contributed by atoms with Gasteiger partial charge in [0.05, 0.1) is 11.4 Å². The van der Waals surface area contributed by atoms with Crippen LogP contribution in [0.2, 0.25) is 0 Å². The predicted octanol–water partition coefficient (Wildman–Crippen LogP) is 3.75. The van der Waals surface area contributed by atoms with Crippen LogP contribution in [0.4, 0.5) is 0 Å². The lowest BCUT2D eigenvalue weighted by atomic mass is 9.97. The van der Waals surface area contributed by atoms with Crippen molar-refractivity contribution in [1.82, 2.24) is 15.5 Å². The highest BCUT2D eigenvalue weighted by atomic mass is 79.9. The molecule has 2 rings (SSSR count).